The molecule has 0 atom stereocenters. The van der Waals surface area contributed by atoms with Crippen molar-refractivity contribution in [1.29, 1.82) is 0 Å². The van der Waals surface area contributed by atoms with Gasteiger partial charge in [-0.25, -0.2) is 19.4 Å². The standard InChI is InChI=1S/C20H17FN4O6/c1-11-14(12-6-8-13(9-7-12)25(29)30)10-24(18(11)19(26)27)23-20(28)22-15-4-3-5-16(31-2)17(15)21/h3-10H,1-2H3,(H,26,27)(H2,22,23,28). The minimum absolute atomic E-state index is 0.0682. The lowest BCUT2D eigenvalue weighted by Gasteiger charge is -2.12. The maximum absolute atomic E-state index is 14.2. The van der Waals surface area contributed by atoms with E-state index in [2.05, 4.69) is 10.7 Å². The molecule has 11 heteroatoms. The van der Waals surface area contributed by atoms with Crippen molar-refractivity contribution in [1.82, 2.24) is 4.68 Å². The number of carboxylic acids is 1. The summed E-state index contributed by atoms with van der Waals surface area (Å²) in [7, 11) is 1.28. The zero-order chi connectivity index (χ0) is 22.7. The molecule has 2 amide bonds. The second-order valence-electron chi connectivity index (χ2n) is 6.38. The predicted molar refractivity (Wildman–Crippen MR) is 110 cm³/mol. The number of aromatic carboxylic acids is 1. The fraction of sp³-hybridized carbons (Fsp3) is 0.100. The van der Waals surface area contributed by atoms with Crippen LogP contribution >= 0.6 is 0 Å². The molecule has 0 saturated carbocycles. The number of carbonyl (C=O) groups excluding carboxylic acids is 1. The quantitative estimate of drug-likeness (QED) is 0.401. The first-order valence-corrected chi connectivity index (χ1v) is 8.83. The number of benzene rings is 2. The zero-order valence-electron chi connectivity index (χ0n) is 16.4. The molecule has 0 radical (unpaired) electrons. The van der Waals surface area contributed by atoms with Crippen LogP contribution in [0, 0.1) is 22.9 Å². The highest BCUT2D eigenvalue weighted by Gasteiger charge is 2.21. The van der Waals surface area contributed by atoms with Crippen molar-refractivity contribution in [3.05, 3.63) is 75.9 Å². The first-order chi connectivity index (χ1) is 14.7. The van der Waals surface area contributed by atoms with E-state index in [0.29, 0.717) is 16.7 Å². The number of urea groups is 1. The summed E-state index contributed by atoms with van der Waals surface area (Å²) >= 11 is 0. The maximum Gasteiger partial charge on any atom is 0.354 e. The number of ether oxygens (including phenoxy) is 1. The van der Waals surface area contributed by atoms with Crippen molar-refractivity contribution in [2.45, 2.75) is 6.92 Å². The van der Waals surface area contributed by atoms with Gasteiger partial charge in [-0.05, 0) is 42.3 Å². The van der Waals surface area contributed by atoms with Crippen LogP contribution in [-0.4, -0.2) is 33.8 Å². The van der Waals surface area contributed by atoms with E-state index in [4.69, 9.17) is 4.74 Å². The van der Waals surface area contributed by atoms with Gasteiger partial charge in [0.25, 0.3) is 5.69 Å². The summed E-state index contributed by atoms with van der Waals surface area (Å²) in [5.74, 6) is -2.16. The van der Waals surface area contributed by atoms with Gasteiger partial charge in [0, 0.05) is 23.9 Å². The maximum atomic E-state index is 14.2. The van der Waals surface area contributed by atoms with Gasteiger partial charge in [-0.2, -0.15) is 0 Å². The van der Waals surface area contributed by atoms with Crippen LogP contribution in [0.5, 0.6) is 5.75 Å². The number of hydrogen-bond donors (Lipinski definition) is 3. The normalized spacial score (nSPS) is 10.4. The van der Waals surface area contributed by atoms with Gasteiger partial charge in [0.05, 0.1) is 17.7 Å². The Bertz CT molecular complexity index is 1170. The largest absolute Gasteiger partial charge is 0.494 e. The lowest BCUT2D eigenvalue weighted by Crippen LogP contribution is -2.30. The Kier molecular flexibility index (Phi) is 5.86. The molecule has 0 saturated heterocycles. The van der Waals surface area contributed by atoms with E-state index in [-0.39, 0.29) is 22.8 Å². The molecule has 3 rings (SSSR count). The highest BCUT2D eigenvalue weighted by Crippen LogP contribution is 2.29. The molecule has 0 bridgehead atoms. The monoisotopic (exact) mass is 428 g/mol. The van der Waals surface area contributed by atoms with E-state index < -0.39 is 22.7 Å². The number of nitrogens with one attached hydrogen (secondary N) is 2. The molecular weight excluding hydrogens is 411 g/mol. The van der Waals surface area contributed by atoms with E-state index in [1.165, 1.54) is 62.7 Å². The lowest BCUT2D eigenvalue weighted by atomic mass is 10.0. The van der Waals surface area contributed by atoms with Crippen LogP contribution in [0.3, 0.4) is 0 Å². The van der Waals surface area contributed by atoms with Crippen molar-refractivity contribution >= 4 is 23.4 Å². The van der Waals surface area contributed by atoms with Gasteiger partial charge in [0.1, 0.15) is 0 Å². The highest BCUT2D eigenvalue weighted by molar-refractivity contribution is 5.97. The lowest BCUT2D eigenvalue weighted by molar-refractivity contribution is -0.384. The number of anilines is 1. The molecule has 3 aromatic rings. The molecule has 0 fully saturated rings. The predicted octanol–water partition coefficient (Wildman–Crippen LogP) is 3.99. The second kappa shape index (κ2) is 8.53. The molecule has 0 spiro atoms. The molecule has 0 aliphatic rings. The smallest absolute Gasteiger partial charge is 0.354 e. The number of carboxylic acid groups (broad SMARTS) is 1. The molecule has 10 nitrogen and oxygen atoms in total. The topological polar surface area (TPSA) is 136 Å². The van der Waals surface area contributed by atoms with Crippen molar-refractivity contribution < 1.29 is 28.7 Å². The Morgan fingerprint density at radius 1 is 1.19 bits per heavy atom. The molecular formula is C20H17FN4O6. The van der Waals surface area contributed by atoms with Crippen LogP contribution in [0.4, 0.5) is 20.6 Å². The summed E-state index contributed by atoms with van der Waals surface area (Å²) in [4.78, 5) is 34.4. The average molecular weight is 428 g/mol. The van der Waals surface area contributed by atoms with Crippen LogP contribution in [-0.2, 0) is 0 Å². The van der Waals surface area contributed by atoms with E-state index in [0.717, 1.165) is 4.68 Å². The third kappa shape index (κ3) is 4.29. The minimum Gasteiger partial charge on any atom is -0.494 e. The Labute approximate surface area is 175 Å². The summed E-state index contributed by atoms with van der Waals surface area (Å²) in [6.07, 6.45) is 1.36. The Morgan fingerprint density at radius 3 is 2.45 bits per heavy atom. The van der Waals surface area contributed by atoms with Crippen molar-refractivity contribution in [3.63, 3.8) is 0 Å². The Hall–Kier alpha value is -4.41. The van der Waals surface area contributed by atoms with Crippen molar-refractivity contribution in [3.8, 4) is 16.9 Å². The van der Waals surface area contributed by atoms with Gasteiger partial charge in [-0.15, -0.1) is 0 Å². The van der Waals surface area contributed by atoms with Crippen molar-refractivity contribution in [2.75, 3.05) is 17.9 Å². The van der Waals surface area contributed by atoms with Gasteiger partial charge in [0.2, 0.25) is 0 Å². The van der Waals surface area contributed by atoms with Crippen LogP contribution < -0.4 is 15.5 Å². The molecule has 1 aromatic heterocycles. The number of nitrogens with zero attached hydrogens (tertiary/aromatic N) is 2. The zero-order valence-corrected chi connectivity index (χ0v) is 16.4. The number of nitro benzene ring substituents is 1. The number of aromatic nitrogens is 1. The first-order valence-electron chi connectivity index (χ1n) is 8.83. The van der Waals surface area contributed by atoms with Gasteiger partial charge in [-0.1, -0.05) is 6.07 Å². The molecule has 0 unspecified atom stereocenters. The number of carbonyl (C=O) groups is 2. The number of amides is 2. The summed E-state index contributed by atoms with van der Waals surface area (Å²) in [5.41, 5.74) is 3.13. The molecule has 0 aliphatic carbocycles. The average Bonchev–Trinajstić information content (AvgIpc) is 3.05. The van der Waals surface area contributed by atoms with Gasteiger partial charge in [-0.3, -0.25) is 14.8 Å². The van der Waals surface area contributed by atoms with E-state index in [9.17, 15) is 29.2 Å². The van der Waals surface area contributed by atoms with Gasteiger partial charge in [0.15, 0.2) is 17.3 Å². The molecule has 31 heavy (non-hydrogen) atoms. The SMILES string of the molecule is COc1cccc(NC(=O)Nn2cc(-c3ccc([N+](=O)[O-])cc3)c(C)c2C(=O)O)c1F. The fourth-order valence-electron chi connectivity index (χ4n) is 3.03. The summed E-state index contributed by atoms with van der Waals surface area (Å²) in [6, 6.07) is 8.82. The second-order valence-corrected chi connectivity index (χ2v) is 6.38. The van der Waals surface area contributed by atoms with E-state index >= 15 is 0 Å². The number of nitro groups is 1. The summed E-state index contributed by atoms with van der Waals surface area (Å²) in [5, 5.41) is 22.7. The molecule has 2 aromatic carbocycles. The van der Waals surface area contributed by atoms with Gasteiger partial charge < -0.3 is 15.2 Å². The minimum atomic E-state index is -1.31. The number of methoxy groups -OCH3 is 1. The Morgan fingerprint density at radius 2 is 1.87 bits per heavy atom. The number of halogens is 1. The number of hydrogen-bond acceptors (Lipinski definition) is 5. The first kappa shape index (κ1) is 21.3. The van der Waals surface area contributed by atoms with Gasteiger partial charge >= 0.3 is 12.0 Å². The highest BCUT2D eigenvalue weighted by atomic mass is 19.1. The van der Waals surface area contributed by atoms with Crippen molar-refractivity contribution in [2.24, 2.45) is 0 Å². The summed E-state index contributed by atoms with van der Waals surface area (Å²) < 4.78 is 20.1. The van der Waals surface area contributed by atoms with Crippen LogP contribution in [0.15, 0.2) is 48.7 Å². The summed E-state index contributed by atoms with van der Waals surface area (Å²) in [6.45, 7) is 1.54. The molecule has 160 valence electrons. The third-order valence-corrected chi connectivity index (χ3v) is 4.50. The number of rotatable bonds is 6. The Balaban J connectivity index is 1.91. The number of non-ortho nitro benzene ring substituents is 1. The van der Waals surface area contributed by atoms with Crippen LogP contribution in [0.25, 0.3) is 11.1 Å². The van der Waals surface area contributed by atoms with E-state index in [1.807, 2.05) is 0 Å². The molecule has 3 N–H and O–H groups in total. The van der Waals surface area contributed by atoms with Crippen LogP contribution in [0.1, 0.15) is 16.1 Å². The fourth-order valence-corrected chi connectivity index (χ4v) is 3.03. The third-order valence-electron chi connectivity index (χ3n) is 4.50. The van der Waals surface area contributed by atoms with Crippen LogP contribution in [0.2, 0.25) is 0 Å². The van der Waals surface area contributed by atoms with E-state index in [1.54, 1.807) is 0 Å². The molecule has 1 heterocycles. The molecule has 0 aliphatic heterocycles.